The van der Waals surface area contributed by atoms with Gasteiger partial charge in [0.15, 0.2) is 0 Å². The first-order valence-electron chi connectivity index (χ1n) is 16.6. The van der Waals surface area contributed by atoms with Crippen LogP contribution in [0.2, 0.25) is 0 Å². The first-order chi connectivity index (χ1) is 23.8. The zero-order chi connectivity index (χ0) is 31.9. The van der Waals surface area contributed by atoms with Crippen molar-refractivity contribution < 1.29 is 19.5 Å². The van der Waals surface area contributed by atoms with Crippen LogP contribution in [0, 0.1) is 0 Å². The Morgan fingerprint density at radius 2 is 0.571 bits per heavy atom. The van der Waals surface area contributed by atoms with E-state index < -0.39 is 0 Å². The maximum absolute atomic E-state index is 5.44. The smallest absolute Gasteiger partial charge is 0.664 e. The molecule has 49 heavy (non-hydrogen) atoms. The average Bonchev–Trinajstić information content (AvgIpc) is 3.98. The summed E-state index contributed by atoms with van der Waals surface area (Å²) in [4.78, 5) is 28.2. The van der Waals surface area contributed by atoms with E-state index in [-0.39, 0.29) is 67.3 Å². The van der Waals surface area contributed by atoms with Crippen LogP contribution in [0.4, 0.5) is 0 Å². The fraction of sp³-hybridized carbons (Fsp3) is 0.200. The second kappa shape index (κ2) is 13.6. The summed E-state index contributed by atoms with van der Waals surface area (Å²) >= 11 is 0. The Morgan fingerprint density at radius 3 is 0.796 bits per heavy atom. The standard InChI is InChI=1S/C40H34N8.Zn/c1-2-30-38(26-11-19-42-20-12-26)32-5-6-34(47-32)40(28-15-23-44-24-16-28)36-8-7-35(48-36)39(27-13-21-43-22-14-27)33-4-3-31(46-33)37(29(1)45-30)25-9-17-41-18-10-25;/h1-24,29-30,35-40,45,48H;/q-2;+2. The van der Waals surface area contributed by atoms with Crippen molar-refractivity contribution in [2.75, 3.05) is 0 Å². The molecule has 9 heterocycles. The minimum atomic E-state index is -0.00818. The predicted octanol–water partition coefficient (Wildman–Crippen LogP) is 5.21. The molecule has 8 unspecified atom stereocenters. The second-order valence-electron chi connectivity index (χ2n) is 12.8. The molecule has 0 saturated carbocycles. The molecule has 9 rings (SSSR count). The molecule has 6 aromatic rings. The van der Waals surface area contributed by atoms with Gasteiger partial charge in [0.2, 0.25) is 0 Å². The number of fused-ring (bicyclic) bond motifs is 8. The molecule has 2 N–H and O–H groups in total. The minimum Gasteiger partial charge on any atom is -0.664 e. The van der Waals surface area contributed by atoms with Crippen molar-refractivity contribution in [1.82, 2.24) is 40.5 Å². The van der Waals surface area contributed by atoms with Gasteiger partial charge >= 0.3 is 19.5 Å². The molecular weight excluding hydrogens is 658 g/mol. The van der Waals surface area contributed by atoms with Crippen LogP contribution in [0.3, 0.4) is 0 Å². The molecule has 9 heteroatoms. The molecular formula is C40H34N8Zn. The van der Waals surface area contributed by atoms with Crippen molar-refractivity contribution in [1.29, 1.82) is 0 Å². The van der Waals surface area contributed by atoms with E-state index in [4.69, 9.17) is 9.97 Å². The van der Waals surface area contributed by atoms with Gasteiger partial charge in [-0.15, -0.1) is 0 Å². The van der Waals surface area contributed by atoms with E-state index in [1.807, 2.05) is 49.6 Å². The Bertz CT molecular complexity index is 1750. The Kier molecular flexibility index (Phi) is 8.73. The maximum atomic E-state index is 5.44. The van der Waals surface area contributed by atoms with Gasteiger partial charge in [-0.1, -0.05) is 48.6 Å². The largest absolute Gasteiger partial charge is 2.00 e. The van der Waals surface area contributed by atoms with E-state index in [1.54, 1.807) is 0 Å². The average molecular weight is 692 g/mol. The van der Waals surface area contributed by atoms with E-state index >= 15 is 0 Å². The molecule has 0 saturated heterocycles. The second-order valence-corrected chi connectivity index (χ2v) is 12.8. The van der Waals surface area contributed by atoms with Gasteiger partial charge < -0.3 is 20.6 Å². The van der Waals surface area contributed by atoms with E-state index in [2.05, 4.69) is 128 Å². The van der Waals surface area contributed by atoms with Crippen LogP contribution in [0.25, 0.3) is 0 Å². The zero-order valence-electron chi connectivity index (χ0n) is 26.9. The Hall–Kier alpha value is -4.82. The first-order valence-corrected chi connectivity index (χ1v) is 16.6. The van der Waals surface area contributed by atoms with Gasteiger partial charge in [0, 0.05) is 97.4 Å². The van der Waals surface area contributed by atoms with Crippen LogP contribution in [0.5, 0.6) is 0 Å². The third-order valence-corrected chi connectivity index (χ3v) is 10.2. The summed E-state index contributed by atoms with van der Waals surface area (Å²) in [5, 5.41) is 8.02. The molecule has 0 radical (unpaired) electrons. The van der Waals surface area contributed by atoms with Crippen LogP contribution in [0.1, 0.15) is 68.7 Å². The number of rotatable bonds is 4. The molecule has 0 amide bonds. The molecule has 3 aliphatic heterocycles. The van der Waals surface area contributed by atoms with Gasteiger partial charge in [-0.3, -0.25) is 19.9 Å². The van der Waals surface area contributed by atoms with E-state index in [0.29, 0.717) is 0 Å². The summed E-state index contributed by atoms with van der Waals surface area (Å²) in [5.41, 5.74) is 8.83. The van der Waals surface area contributed by atoms with Crippen LogP contribution in [-0.4, -0.2) is 44.1 Å². The van der Waals surface area contributed by atoms with Gasteiger partial charge in [-0.2, -0.15) is 22.8 Å². The minimum absolute atomic E-state index is 0. The zero-order valence-corrected chi connectivity index (χ0v) is 29.8. The molecule has 0 aliphatic carbocycles. The third kappa shape index (κ3) is 5.92. The topological polar surface area (TPSA) is 104 Å². The summed E-state index contributed by atoms with van der Waals surface area (Å²) in [6.07, 6.45) is 24.2. The van der Waals surface area contributed by atoms with Crippen molar-refractivity contribution in [3.63, 3.8) is 0 Å². The summed E-state index contributed by atoms with van der Waals surface area (Å²) in [7, 11) is 0. The van der Waals surface area contributed by atoms with Crippen molar-refractivity contribution in [2.24, 2.45) is 0 Å². The number of aromatic nitrogens is 6. The number of hydrogen-bond donors (Lipinski definition) is 2. The van der Waals surface area contributed by atoms with Crippen molar-refractivity contribution >= 4 is 0 Å². The number of hydrogen-bond acceptors (Lipinski definition) is 6. The molecule has 3 aliphatic rings. The SMILES string of the molecule is C1=CC2NC1C(c1ccncc1)c1ccc([n-]1)C(c1ccncc1)C1C=CC(N1)C(c1ccncc1)c1ccc([n-]1)C2c1ccncc1.[Zn+2]. The molecule has 8 nitrogen and oxygen atoms in total. The fourth-order valence-electron chi connectivity index (χ4n) is 7.99. The van der Waals surface area contributed by atoms with E-state index in [1.165, 1.54) is 22.3 Å². The summed E-state index contributed by atoms with van der Waals surface area (Å²) < 4.78 is 0. The quantitative estimate of drug-likeness (QED) is 0.192. The summed E-state index contributed by atoms with van der Waals surface area (Å²) in [5.74, 6) is -0.0327. The maximum Gasteiger partial charge on any atom is 2.00 e. The molecule has 8 atom stereocenters. The van der Waals surface area contributed by atoms with Gasteiger partial charge in [0.25, 0.3) is 0 Å². The number of pyridine rings is 4. The van der Waals surface area contributed by atoms with E-state index in [9.17, 15) is 0 Å². The number of nitrogens with zero attached hydrogens (tertiary/aromatic N) is 6. The summed E-state index contributed by atoms with van der Waals surface area (Å²) in [6, 6.07) is 25.8. The molecule has 8 bridgehead atoms. The summed E-state index contributed by atoms with van der Waals surface area (Å²) in [6.45, 7) is 0. The van der Waals surface area contributed by atoms with Crippen molar-refractivity contribution in [3.8, 4) is 0 Å². The number of nitrogens with one attached hydrogen (secondary N) is 2. The van der Waals surface area contributed by atoms with Crippen LogP contribution in [-0.2, 0) is 19.5 Å². The molecule has 0 aromatic carbocycles. The van der Waals surface area contributed by atoms with Gasteiger partial charge in [-0.25, -0.2) is 0 Å². The van der Waals surface area contributed by atoms with E-state index in [0.717, 1.165) is 22.8 Å². The normalized spacial score (nSPS) is 27.1. The van der Waals surface area contributed by atoms with Gasteiger partial charge in [0.05, 0.1) is 0 Å². The van der Waals surface area contributed by atoms with Crippen molar-refractivity contribution in [3.05, 3.63) is 192 Å². The third-order valence-electron chi connectivity index (χ3n) is 10.2. The molecule has 6 aromatic heterocycles. The molecule has 236 valence electrons. The van der Waals surface area contributed by atoms with Crippen LogP contribution in [0.15, 0.2) is 147 Å². The Balaban J connectivity index is 0.00000348. The van der Waals surface area contributed by atoms with Crippen molar-refractivity contribution in [2.45, 2.75) is 47.8 Å². The predicted molar refractivity (Wildman–Crippen MR) is 184 cm³/mol. The van der Waals surface area contributed by atoms with Gasteiger partial charge in [0.1, 0.15) is 0 Å². The monoisotopic (exact) mass is 690 g/mol. The molecule has 0 spiro atoms. The Morgan fingerprint density at radius 1 is 0.347 bits per heavy atom. The fourth-order valence-corrected chi connectivity index (χ4v) is 7.99. The van der Waals surface area contributed by atoms with Gasteiger partial charge in [-0.05, 0) is 70.8 Å². The first kappa shape index (κ1) is 31.5. The van der Waals surface area contributed by atoms with Crippen LogP contribution < -0.4 is 20.6 Å². The Labute approximate surface area is 298 Å². The molecule has 0 fully saturated rings. The van der Waals surface area contributed by atoms with Crippen LogP contribution >= 0.6 is 0 Å².